The Morgan fingerprint density at radius 1 is 1.04 bits per heavy atom. The molecule has 138 valence electrons. The van der Waals surface area contributed by atoms with Gasteiger partial charge in [0.05, 0.1) is 0 Å². The molecular weight excluding hydrogens is 344 g/mol. The molecule has 3 rings (SSSR count). The summed E-state index contributed by atoms with van der Waals surface area (Å²) in [6, 6.07) is 10.8. The molecule has 3 N–H and O–H groups in total. The third-order valence-corrected chi connectivity index (χ3v) is 3.73. The number of carbonyl (C=O) groups is 2. The fourth-order valence-corrected chi connectivity index (χ4v) is 2.50. The predicted octanol–water partition coefficient (Wildman–Crippen LogP) is 2.23. The van der Waals surface area contributed by atoms with Crippen LogP contribution in [0, 0.1) is 0 Å². The minimum atomic E-state index is -0.277. The van der Waals surface area contributed by atoms with Crippen LogP contribution in [0.1, 0.15) is 18.1 Å². The third-order valence-electron chi connectivity index (χ3n) is 3.73. The second kappa shape index (κ2) is 8.61. The number of anilines is 1. The van der Waals surface area contributed by atoms with Crippen molar-refractivity contribution < 1.29 is 9.59 Å². The first-order valence-corrected chi connectivity index (χ1v) is 8.41. The molecule has 0 fully saturated rings. The second-order valence-electron chi connectivity index (χ2n) is 5.91. The lowest BCUT2D eigenvalue weighted by Crippen LogP contribution is -2.34. The number of hydrogen-bond acceptors (Lipinski definition) is 4. The summed E-state index contributed by atoms with van der Waals surface area (Å²) in [5.74, 6) is 0.604. The van der Waals surface area contributed by atoms with Gasteiger partial charge in [-0.1, -0.05) is 12.1 Å². The molecule has 0 saturated heterocycles. The first kappa shape index (κ1) is 18.1. The van der Waals surface area contributed by atoms with Crippen molar-refractivity contribution >= 4 is 17.6 Å². The Bertz CT molecular complexity index is 923. The molecule has 3 amide bonds. The largest absolute Gasteiger partial charge is 0.334 e. The highest BCUT2D eigenvalue weighted by Gasteiger charge is 2.04. The Hall–Kier alpha value is -3.68. The molecule has 0 unspecified atom stereocenters. The van der Waals surface area contributed by atoms with Gasteiger partial charge in [-0.2, -0.15) is 0 Å². The second-order valence-corrected chi connectivity index (χ2v) is 5.91. The first-order valence-electron chi connectivity index (χ1n) is 8.41. The fraction of sp³-hybridized carbons (Fsp3) is 0.158. The number of hydrogen-bond donors (Lipinski definition) is 3. The maximum atomic E-state index is 12.0. The predicted molar refractivity (Wildman–Crippen MR) is 101 cm³/mol. The van der Waals surface area contributed by atoms with Gasteiger partial charge in [-0.05, 0) is 35.4 Å². The number of pyridine rings is 1. The van der Waals surface area contributed by atoms with Crippen LogP contribution in [0.15, 0.2) is 61.3 Å². The summed E-state index contributed by atoms with van der Waals surface area (Å²) >= 11 is 0. The average molecular weight is 364 g/mol. The van der Waals surface area contributed by atoms with Gasteiger partial charge in [0.1, 0.15) is 12.1 Å². The zero-order valence-electron chi connectivity index (χ0n) is 14.8. The molecule has 0 aliphatic rings. The van der Waals surface area contributed by atoms with Gasteiger partial charge in [0, 0.05) is 44.3 Å². The topological polar surface area (TPSA) is 101 Å². The molecule has 3 aromatic rings. The van der Waals surface area contributed by atoms with Crippen molar-refractivity contribution in [2.45, 2.75) is 20.0 Å². The molecule has 0 saturated carbocycles. The highest BCUT2D eigenvalue weighted by Crippen LogP contribution is 2.10. The Balaban J connectivity index is 1.50. The van der Waals surface area contributed by atoms with Crippen LogP contribution in [0.2, 0.25) is 0 Å². The number of nitrogens with one attached hydrogen (secondary N) is 3. The molecule has 1 aromatic carbocycles. The van der Waals surface area contributed by atoms with Crippen molar-refractivity contribution in [1.82, 2.24) is 25.2 Å². The van der Waals surface area contributed by atoms with E-state index in [0.717, 1.165) is 16.9 Å². The molecule has 8 heteroatoms. The van der Waals surface area contributed by atoms with Crippen molar-refractivity contribution in [3.8, 4) is 5.82 Å². The molecule has 0 aliphatic carbocycles. The van der Waals surface area contributed by atoms with Crippen molar-refractivity contribution in [2.75, 3.05) is 5.32 Å². The summed E-state index contributed by atoms with van der Waals surface area (Å²) in [5, 5.41) is 8.33. The summed E-state index contributed by atoms with van der Waals surface area (Å²) in [4.78, 5) is 31.4. The maximum absolute atomic E-state index is 12.0. The van der Waals surface area contributed by atoms with Crippen LogP contribution in [0.3, 0.4) is 0 Å². The van der Waals surface area contributed by atoms with Crippen molar-refractivity contribution in [3.05, 3.63) is 72.4 Å². The van der Waals surface area contributed by atoms with Crippen molar-refractivity contribution in [2.24, 2.45) is 0 Å². The molecule has 0 spiro atoms. The van der Waals surface area contributed by atoms with Crippen LogP contribution in [0.4, 0.5) is 10.5 Å². The van der Waals surface area contributed by atoms with E-state index in [1.54, 1.807) is 35.6 Å². The molecule has 2 aromatic heterocycles. The van der Waals surface area contributed by atoms with Gasteiger partial charge < -0.3 is 16.0 Å². The number of carbonyl (C=O) groups excluding carboxylic acids is 2. The Kier molecular flexibility index (Phi) is 5.78. The Morgan fingerprint density at radius 3 is 2.52 bits per heavy atom. The van der Waals surface area contributed by atoms with E-state index < -0.39 is 0 Å². The number of aromatic nitrogens is 3. The zero-order valence-corrected chi connectivity index (χ0v) is 14.8. The van der Waals surface area contributed by atoms with Crippen LogP contribution in [0.25, 0.3) is 5.82 Å². The monoisotopic (exact) mass is 364 g/mol. The Morgan fingerprint density at radius 2 is 1.81 bits per heavy atom. The minimum absolute atomic E-state index is 0.134. The van der Waals surface area contributed by atoms with E-state index in [0.29, 0.717) is 18.8 Å². The Labute approximate surface area is 156 Å². The van der Waals surface area contributed by atoms with Crippen LogP contribution < -0.4 is 16.0 Å². The van der Waals surface area contributed by atoms with Gasteiger partial charge in [-0.3, -0.25) is 9.36 Å². The van der Waals surface area contributed by atoms with Crippen LogP contribution in [0.5, 0.6) is 0 Å². The third kappa shape index (κ3) is 5.40. The first-order chi connectivity index (χ1) is 13.1. The lowest BCUT2D eigenvalue weighted by molar-refractivity contribution is -0.114. The quantitative estimate of drug-likeness (QED) is 0.624. The van der Waals surface area contributed by atoms with E-state index in [9.17, 15) is 9.59 Å². The number of amides is 3. The summed E-state index contributed by atoms with van der Waals surface area (Å²) < 4.78 is 1.80. The maximum Gasteiger partial charge on any atom is 0.315 e. The summed E-state index contributed by atoms with van der Waals surface area (Å²) in [7, 11) is 0. The standard InChI is InChI=1S/C19H20N6O2/c1-14(26)24-17-4-2-3-15(9-17)11-22-19(27)23-12-16-5-6-21-18(10-16)25-8-7-20-13-25/h2-10,13H,11-12H2,1H3,(H,24,26)(H2,22,23,27). The molecule has 27 heavy (non-hydrogen) atoms. The van der Waals surface area contributed by atoms with Gasteiger partial charge >= 0.3 is 6.03 Å². The van der Waals surface area contributed by atoms with Gasteiger partial charge in [0.15, 0.2) is 0 Å². The summed E-state index contributed by atoms with van der Waals surface area (Å²) in [6.45, 7) is 2.19. The van der Waals surface area contributed by atoms with Crippen LogP contribution in [-0.2, 0) is 17.9 Å². The lowest BCUT2D eigenvalue weighted by Gasteiger charge is -2.10. The fourth-order valence-electron chi connectivity index (χ4n) is 2.50. The molecule has 0 bridgehead atoms. The molecule has 0 aliphatic heterocycles. The smallest absolute Gasteiger partial charge is 0.315 e. The van der Waals surface area contributed by atoms with Gasteiger partial charge in [0.2, 0.25) is 5.91 Å². The highest BCUT2D eigenvalue weighted by atomic mass is 16.2. The summed E-state index contributed by atoms with van der Waals surface area (Å²) in [5.41, 5.74) is 2.52. The number of benzene rings is 1. The van der Waals surface area contributed by atoms with E-state index in [2.05, 4.69) is 25.9 Å². The molecule has 0 atom stereocenters. The average Bonchev–Trinajstić information content (AvgIpc) is 3.20. The number of imidazole rings is 1. The van der Waals surface area contributed by atoms with Gasteiger partial charge in [0.25, 0.3) is 0 Å². The molecular formula is C19H20N6O2. The van der Waals surface area contributed by atoms with Gasteiger partial charge in [-0.15, -0.1) is 0 Å². The summed E-state index contributed by atoms with van der Waals surface area (Å²) in [6.07, 6.45) is 6.85. The van der Waals surface area contributed by atoms with E-state index in [4.69, 9.17) is 0 Å². The number of urea groups is 1. The highest BCUT2D eigenvalue weighted by molar-refractivity contribution is 5.88. The van der Waals surface area contributed by atoms with Crippen molar-refractivity contribution in [3.63, 3.8) is 0 Å². The number of nitrogens with zero attached hydrogens (tertiary/aromatic N) is 3. The van der Waals surface area contributed by atoms with Crippen LogP contribution >= 0.6 is 0 Å². The van der Waals surface area contributed by atoms with E-state index >= 15 is 0 Å². The SMILES string of the molecule is CC(=O)Nc1cccc(CNC(=O)NCc2ccnc(-n3ccnc3)c2)c1. The minimum Gasteiger partial charge on any atom is -0.334 e. The van der Waals surface area contributed by atoms with E-state index in [1.165, 1.54) is 6.92 Å². The van der Waals surface area contributed by atoms with E-state index in [-0.39, 0.29) is 11.9 Å². The molecule has 2 heterocycles. The van der Waals surface area contributed by atoms with Gasteiger partial charge in [-0.25, -0.2) is 14.8 Å². The number of rotatable bonds is 6. The van der Waals surface area contributed by atoms with E-state index in [1.807, 2.05) is 30.3 Å². The van der Waals surface area contributed by atoms with Crippen molar-refractivity contribution in [1.29, 1.82) is 0 Å². The lowest BCUT2D eigenvalue weighted by atomic mass is 10.2. The normalized spacial score (nSPS) is 10.3. The molecule has 8 nitrogen and oxygen atoms in total. The zero-order chi connectivity index (χ0) is 19.1. The molecule has 0 radical (unpaired) electrons. The van der Waals surface area contributed by atoms with Crippen LogP contribution in [-0.4, -0.2) is 26.5 Å².